The molecule has 11 heavy (non-hydrogen) atoms. The molecule has 0 heterocycles. The first kappa shape index (κ1) is 8.06. The van der Waals surface area contributed by atoms with Crippen molar-refractivity contribution in [1.29, 1.82) is 0 Å². The van der Waals surface area contributed by atoms with Crippen LogP contribution in [0.4, 0.5) is 0 Å². The van der Waals surface area contributed by atoms with Gasteiger partial charge in [0.05, 0.1) is 0 Å². The second kappa shape index (κ2) is 3.38. The minimum absolute atomic E-state index is 1.09. The van der Waals surface area contributed by atoms with Gasteiger partial charge in [-0.3, -0.25) is 0 Å². The van der Waals surface area contributed by atoms with Crippen LogP contribution in [-0.4, -0.2) is 0 Å². The van der Waals surface area contributed by atoms with Crippen molar-refractivity contribution in [3.8, 4) is 0 Å². The van der Waals surface area contributed by atoms with Gasteiger partial charge in [0.15, 0.2) is 0 Å². The Morgan fingerprint density at radius 1 is 1.45 bits per heavy atom. The summed E-state index contributed by atoms with van der Waals surface area (Å²) in [6.07, 6.45) is 3.21. The third-order valence-corrected chi connectivity index (χ3v) is 1.96. The average Bonchev–Trinajstić information content (AvgIpc) is 2.04. The van der Waals surface area contributed by atoms with E-state index < -0.39 is 0 Å². The first-order chi connectivity index (χ1) is 5.29. The van der Waals surface area contributed by atoms with Gasteiger partial charge in [0.25, 0.3) is 0 Å². The van der Waals surface area contributed by atoms with Crippen LogP contribution in [0.1, 0.15) is 19.4 Å². The van der Waals surface area contributed by atoms with E-state index in [2.05, 4.69) is 44.7 Å². The van der Waals surface area contributed by atoms with Crippen LogP contribution in [0.3, 0.4) is 0 Å². The van der Waals surface area contributed by atoms with Crippen molar-refractivity contribution in [3.05, 3.63) is 34.2 Å². The molecule has 0 spiro atoms. The lowest BCUT2D eigenvalue weighted by Gasteiger charge is -1.96. The van der Waals surface area contributed by atoms with Crippen LogP contribution in [0.15, 0.2) is 18.2 Å². The topological polar surface area (TPSA) is 0 Å². The Morgan fingerprint density at radius 3 is 2.64 bits per heavy atom. The van der Waals surface area contributed by atoms with Gasteiger partial charge in [-0.1, -0.05) is 37.8 Å². The monoisotopic (exact) mass is 146 g/mol. The molecule has 58 valence electrons. The van der Waals surface area contributed by atoms with Crippen LogP contribution in [-0.2, 0) is 6.42 Å². The zero-order valence-electron chi connectivity index (χ0n) is 7.22. The quantitative estimate of drug-likeness (QED) is 0.562. The number of benzene rings is 1. The summed E-state index contributed by atoms with van der Waals surface area (Å²) in [5.74, 6) is 0. The average molecular weight is 146 g/mol. The van der Waals surface area contributed by atoms with Gasteiger partial charge in [-0.15, -0.1) is 0 Å². The molecular weight excluding hydrogens is 132 g/mol. The van der Waals surface area contributed by atoms with Crippen molar-refractivity contribution in [2.45, 2.75) is 20.3 Å². The van der Waals surface area contributed by atoms with Crippen LogP contribution in [0, 0.1) is 0 Å². The maximum absolute atomic E-state index is 3.97. The minimum atomic E-state index is 1.09. The van der Waals surface area contributed by atoms with Crippen molar-refractivity contribution in [1.82, 2.24) is 0 Å². The lowest BCUT2D eigenvalue weighted by molar-refractivity contribution is 1.11. The summed E-state index contributed by atoms with van der Waals surface area (Å²) in [7, 11) is 0. The van der Waals surface area contributed by atoms with Gasteiger partial charge in [0, 0.05) is 0 Å². The SMILES string of the molecule is C=c1cccc(CC)/c1=C/C. The van der Waals surface area contributed by atoms with Gasteiger partial charge >= 0.3 is 0 Å². The van der Waals surface area contributed by atoms with E-state index in [4.69, 9.17) is 0 Å². The predicted molar refractivity (Wildman–Crippen MR) is 50.7 cm³/mol. The molecule has 1 rings (SSSR count). The van der Waals surface area contributed by atoms with Crippen LogP contribution in [0.25, 0.3) is 12.7 Å². The fourth-order valence-electron chi connectivity index (χ4n) is 1.35. The second-order valence-corrected chi connectivity index (χ2v) is 2.63. The fourth-order valence-corrected chi connectivity index (χ4v) is 1.35. The van der Waals surface area contributed by atoms with E-state index in [9.17, 15) is 0 Å². The third kappa shape index (κ3) is 1.51. The minimum Gasteiger partial charge on any atom is -0.0912 e. The van der Waals surface area contributed by atoms with E-state index in [1.165, 1.54) is 10.8 Å². The molecule has 0 radical (unpaired) electrons. The van der Waals surface area contributed by atoms with Gasteiger partial charge in [0.2, 0.25) is 0 Å². The summed E-state index contributed by atoms with van der Waals surface area (Å²) in [6, 6.07) is 6.27. The Bertz CT molecular complexity index is 334. The van der Waals surface area contributed by atoms with Crippen molar-refractivity contribution < 1.29 is 0 Å². The lowest BCUT2D eigenvalue weighted by Crippen LogP contribution is -2.26. The molecule has 0 N–H and O–H groups in total. The molecule has 0 aliphatic rings. The van der Waals surface area contributed by atoms with Crippen molar-refractivity contribution in [3.63, 3.8) is 0 Å². The second-order valence-electron chi connectivity index (χ2n) is 2.63. The molecular formula is C11H14. The summed E-state index contributed by atoms with van der Waals surface area (Å²) in [5, 5.41) is 2.43. The zero-order valence-corrected chi connectivity index (χ0v) is 7.22. The van der Waals surface area contributed by atoms with Crippen LogP contribution >= 0.6 is 0 Å². The Morgan fingerprint density at radius 2 is 2.18 bits per heavy atom. The van der Waals surface area contributed by atoms with Gasteiger partial charge < -0.3 is 0 Å². The van der Waals surface area contributed by atoms with Crippen LogP contribution < -0.4 is 10.4 Å². The molecule has 0 amide bonds. The van der Waals surface area contributed by atoms with E-state index >= 15 is 0 Å². The van der Waals surface area contributed by atoms with Crippen molar-refractivity contribution >= 4 is 12.7 Å². The first-order valence-electron chi connectivity index (χ1n) is 4.02. The predicted octanol–water partition coefficient (Wildman–Crippen LogP) is 1.46. The number of hydrogen-bond acceptors (Lipinski definition) is 0. The highest BCUT2D eigenvalue weighted by molar-refractivity contribution is 5.30. The lowest BCUT2D eigenvalue weighted by atomic mass is 10.1. The smallest absolute Gasteiger partial charge is 0.0201 e. The molecule has 0 aliphatic carbocycles. The van der Waals surface area contributed by atoms with Crippen molar-refractivity contribution in [2.24, 2.45) is 0 Å². The first-order valence-corrected chi connectivity index (χ1v) is 4.02. The third-order valence-electron chi connectivity index (χ3n) is 1.96. The molecule has 0 saturated carbocycles. The summed E-state index contributed by atoms with van der Waals surface area (Å²) in [4.78, 5) is 0. The molecule has 0 saturated heterocycles. The fraction of sp³-hybridized carbons (Fsp3) is 0.273. The van der Waals surface area contributed by atoms with E-state index in [-0.39, 0.29) is 0 Å². The van der Waals surface area contributed by atoms with Crippen LogP contribution in [0.5, 0.6) is 0 Å². The maximum atomic E-state index is 3.97. The molecule has 0 heteroatoms. The normalized spacial score (nSPS) is 12.0. The highest BCUT2D eigenvalue weighted by atomic mass is 13.9. The van der Waals surface area contributed by atoms with Gasteiger partial charge in [0.1, 0.15) is 0 Å². The summed E-state index contributed by atoms with van der Waals surface area (Å²) in [5.41, 5.74) is 1.39. The van der Waals surface area contributed by atoms with Crippen molar-refractivity contribution in [2.75, 3.05) is 0 Å². The van der Waals surface area contributed by atoms with Crippen LogP contribution in [0.2, 0.25) is 0 Å². The Kier molecular flexibility index (Phi) is 2.48. The number of hydrogen-bond donors (Lipinski definition) is 0. The van der Waals surface area contributed by atoms with E-state index in [0.29, 0.717) is 0 Å². The van der Waals surface area contributed by atoms with Gasteiger partial charge in [-0.25, -0.2) is 0 Å². The summed E-state index contributed by atoms with van der Waals surface area (Å²) >= 11 is 0. The molecule has 0 aromatic heterocycles. The summed E-state index contributed by atoms with van der Waals surface area (Å²) < 4.78 is 0. The van der Waals surface area contributed by atoms with Gasteiger partial charge in [-0.05, 0) is 29.3 Å². The standard InChI is InChI=1S/C11H14/c1-4-10-8-6-7-9(3)11(10)5-2/h5-8H,3-4H2,1-2H3/b11-5+. The maximum Gasteiger partial charge on any atom is -0.0201 e. The molecule has 0 aliphatic heterocycles. The van der Waals surface area contributed by atoms with Gasteiger partial charge in [-0.2, -0.15) is 0 Å². The Balaban J connectivity index is 3.51. The molecule has 0 fully saturated rings. The highest BCUT2D eigenvalue weighted by Crippen LogP contribution is 1.88. The largest absolute Gasteiger partial charge is 0.0912 e. The van der Waals surface area contributed by atoms with E-state index in [0.717, 1.165) is 11.6 Å². The Labute approximate surface area is 67.9 Å². The van der Waals surface area contributed by atoms with E-state index in [1.54, 1.807) is 0 Å². The molecule has 0 unspecified atom stereocenters. The molecule has 0 bridgehead atoms. The van der Waals surface area contributed by atoms with E-state index in [1.807, 2.05) is 0 Å². The molecule has 1 aromatic rings. The number of rotatable bonds is 1. The molecule has 0 atom stereocenters. The highest BCUT2D eigenvalue weighted by Gasteiger charge is 1.89. The molecule has 1 aromatic carbocycles. The Hall–Kier alpha value is -1.04. The summed E-state index contributed by atoms with van der Waals surface area (Å²) in [6.45, 7) is 8.20. The number of aryl methyl sites for hydroxylation is 1. The zero-order chi connectivity index (χ0) is 8.27. The molecule has 0 nitrogen and oxygen atoms in total.